The quantitative estimate of drug-likeness (QED) is 0.519. The smallest absolute Gasteiger partial charge is 0.410 e. The van der Waals surface area contributed by atoms with Crippen molar-refractivity contribution in [2.24, 2.45) is 11.3 Å². The second-order valence-corrected chi connectivity index (χ2v) is 9.43. The third-order valence-corrected chi connectivity index (χ3v) is 5.73. The monoisotopic (exact) mass is 401 g/mol. The summed E-state index contributed by atoms with van der Waals surface area (Å²) in [6.07, 6.45) is 3.53. The molecule has 1 aromatic carbocycles. The standard InChI is InChI=1S/C24H35NO4/c1-23(2,3)29-22(28)25(15-13-18-9-7-6-8-10-18)16-14-20-12-11-19(17-26)21(27)24(20,4)5/h6-10,17,20,26H,11-16H2,1-5H3/b19-17-/t20-/m0/s1. The van der Waals surface area contributed by atoms with Crippen LogP contribution in [0.3, 0.4) is 0 Å². The maximum Gasteiger partial charge on any atom is 0.410 e. The maximum atomic E-state index is 12.8. The molecule has 5 nitrogen and oxygen atoms in total. The topological polar surface area (TPSA) is 66.8 Å². The van der Waals surface area contributed by atoms with Gasteiger partial charge in [-0.2, -0.15) is 0 Å². The number of benzene rings is 1. The Morgan fingerprint density at radius 2 is 1.90 bits per heavy atom. The number of nitrogens with zero attached hydrogens (tertiary/aromatic N) is 1. The van der Waals surface area contributed by atoms with Gasteiger partial charge in [0.1, 0.15) is 5.60 Å². The molecular weight excluding hydrogens is 366 g/mol. The van der Waals surface area contributed by atoms with Crippen molar-refractivity contribution in [2.75, 3.05) is 13.1 Å². The Morgan fingerprint density at radius 1 is 1.24 bits per heavy atom. The molecular formula is C24H35NO4. The van der Waals surface area contributed by atoms with Gasteiger partial charge in [0.25, 0.3) is 0 Å². The Balaban J connectivity index is 2.06. The predicted molar refractivity (Wildman–Crippen MR) is 115 cm³/mol. The van der Waals surface area contributed by atoms with Gasteiger partial charge in [-0.25, -0.2) is 4.79 Å². The minimum Gasteiger partial charge on any atom is -0.515 e. The molecule has 0 radical (unpaired) electrons. The highest BCUT2D eigenvalue weighted by Gasteiger charge is 2.42. The summed E-state index contributed by atoms with van der Waals surface area (Å²) in [5, 5.41) is 9.30. The summed E-state index contributed by atoms with van der Waals surface area (Å²) in [6, 6.07) is 10.1. The first-order valence-electron chi connectivity index (χ1n) is 10.4. The van der Waals surface area contributed by atoms with Crippen molar-refractivity contribution in [3.63, 3.8) is 0 Å². The van der Waals surface area contributed by atoms with Crippen molar-refractivity contribution in [3.05, 3.63) is 47.7 Å². The summed E-state index contributed by atoms with van der Waals surface area (Å²) in [5.74, 6) is 0.157. The van der Waals surface area contributed by atoms with Gasteiger partial charge in [-0.15, -0.1) is 0 Å². The van der Waals surface area contributed by atoms with Crippen molar-refractivity contribution in [3.8, 4) is 0 Å². The predicted octanol–water partition coefficient (Wildman–Crippen LogP) is 5.30. The Bertz CT molecular complexity index is 731. The van der Waals surface area contributed by atoms with E-state index >= 15 is 0 Å². The van der Waals surface area contributed by atoms with E-state index in [1.807, 2.05) is 52.8 Å². The van der Waals surface area contributed by atoms with Crippen LogP contribution in [-0.4, -0.2) is 40.6 Å². The minimum atomic E-state index is -0.553. The molecule has 29 heavy (non-hydrogen) atoms. The third-order valence-electron chi connectivity index (χ3n) is 5.73. The normalized spacial score (nSPS) is 20.5. The number of ketones is 1. The average Bonchev–Trinajstić information content (AvgIpc) is 2.64. The first kappa shape index (κ1) is 23.0. The molecule has 1 amide bonds. The second-order valence-electron chi connectivity index (χ2n) is 9.43. The van der Waals surface area contributed by atoms with Crippen LogP contribution < -0.4 is 0 Å². The fourth-order valence-electron chi connectivity index (χ4n) is 3.87. The minimum absolute atomic E-state index is 0.00403. The first-order chi connectivity index (χ1) is 13.5. The summed E-state index contributed by atoms with van der Waals surface area (Å²) in [5.41, 5.74) is 0.570. The highest BCUT2D eigenvalue weighted by atomic mass is 16.6. The molecule has 0 aliphatic heterocycles. The van der Waals surface area contributed by atoms with Crippen LogP contribution in [-0.2, 0) is 16.0 Å². The number of aliphatic hydroxyl groups excluding tert-OH is 1. The average molecular weight is 402 g/mol. The fraction of sp³-hybridized carbons (Fsp3) is 0.583. The lowest BCUT2D eigenvalue weighted by Crippen LogP contribution is -2.42. The molecule has 0 unspecified atom stereocenters. The van der Waals surface area contributed by atoms with E-state index in [1.165, 1.54) is 5.56 Å². The van der Waals surface area contributed by atoms with Gasteiger partial charge in [0.05, 0.1) is 6.26 Å². The number of aliphatic hydroxyl groups is 1. The number of ether oxygens (including phenoxy) is 1. The Hall–Kier alpha value is -2.30. The summed E-state index contributed by atoms with van der Waals surface area (Å²) < 4.78 is 5.61. The molecule has 1 atom stereocenters. The van der Waals surface area contributed by atoms with Crippen LogP contribution in [0.2, 0.25) is 0 Å². The summed E-state index contributed by atoms with van der Waals surface area (Å²) in [7, 11) is 0. The van der Waals surface area contributed by atoms with Gasteiger partial charge < -0.3 is 14.7 Å². The van der Waals surface area contributed by atoms with Crippen molar-refractivity contribution >= 4 is 11.9 Å². The molecule has 5 heteroatoms. The lowest BCUT2D eigenvalue weighted by atomic mass is 9.65. The van der Waals surface area contributed by atoms with Crippen LogP contribution in [0.4, 0.5) is 4.79 Å². The summed E-state index contributed by atoms with van der Waals surface area (Å²) >= 11 is 0. The molecule has 0 bridgehead atoms. The number of rotatable bonds is 6. The molecule has 1 fully saturated rings. The van der Waals surface area contributed by atoms with Crippen LogP contribution in [0.1, 0.15) is 59.4 Å². The molecule has 1 N–H and O–H groups in total. The molecule has 2 rings (SSSR count). The summed E-state index contributed by atoms with van der Waals surface area (Å²) in [6.45, 7) is 10.6. The molecule has 0 aromatic heterocycles. The van der Waals surface area contributed by atoms with Crippen molar-refractivity contribution < 1.29 is 19.4 Å². The van der Waals surface area contributed by atoms with Crippen LogP contribution in [0, 0.1) is 11.3 Å². The van der Waals surface area contributed by atoms with E-state index in [0.717, 1.165) is 25.5 Å². The van der Waals surface area contributed by atoms with E-state index in [4.69, 9.17) is 4.74 Å². The van der Waals surface area contributed by atoms with Crippen LogP contribution in [0.25, 0.3) is 0 Å². The van der Waals surface area contributed by atoms with Gasteiger partial charge >= 0.3 is 6.09 Å². The van der Waals surface area contributed by atoms with Gasteiger partial charge in [-0.1, -0.05) is 44.2 Å². The molecule has 1 aliphatic carbocycles. The van der Waals surface area contributed by atoms with Gasteiger partial charge in [0.15, 0.2) is 5.78 Å². The lowest BCUT2D eigenvalue weighted by Gasteiger charge is -2.39. The van der Waals surface area contributed by atoms with E-state index in [9.17, 15) is 14.7 Å². The van der Waals surface area contributed by atoms with Gasteiger partial charge in [0, 0.05) is 24.1 Å². The fourth-order valence-corrected chi connectivity index (χ4v) is 3.87. The van der Waals surface area contributed by atoms with Gasteiger partial charge in [-0.3, -0.25) is 4.79 Å². The van der Waals surface area contributed by atoms with E-state index in [2.05, 4.69) is 12.1 Å². The van der Waals surface area contributed by atoms with Crippen LogP contribution in [0.5, 0.6) is 0 Å². The Labute approximate surface area is 174 Å². The van der Waals surface area contributed by atoms with Crippen LogP contribution in [0.15, 0.2) is 42.2 Å². The Kier molecular flexibility index (Phi) is 7.50. The molecule has 0 saturated heterocycles. The highest BCUT2D eigenvalue weighted by molar-refractivity contribution is 6.00. The largest absolute Gasteiger partial charge is 0.515 e. The molecule has 0 heterocycles. The number of amides is 1. The van der Waals surface area contributed by atoms with Crippen LogP contribution >= 0.6 is 0 Å². The van der Waals surface area contributed by atoms with E-state index in [0.29, 0.717) is 25.1 Å². The second kappa shape index (κ2) is 9.47. The lowest BCUT2D eigenvalue weighted by molar-refractivity contribution is -0.128. The zero-order valence-electron chi connectivity index (χ0n) is 18.4. The van der Waals surface area contributed by atoms with E-state index < -0.39 is 11.0 Å². The van der Waals surface area contributed by atoms with E-state index in [1.54, 1.807) is 4.90 Å². The van der Waals surface area contributed by atoms with Gasteiger partial charge in [0.2, 0.25) is 0 Å². The number of carbonyl (C=O) groups excluding carboxylic acids is 2. The Morgan fingerprint density at radius 3 is 2.48 bits per heavy atom. The molecule has 160 valence electrons. The summed E-state index contributed by atoms with van der Waals surface area (Å²) in [4.78, 5) is 27.2. The maximum absolute atomic E-state index is 12.8. The van der Waals surface area contributed by atoms with Crippen molar-refractivity contribution in [1.29, 1.82) is 0 Å². The number of hydrogen-bond acceptors (Lipinski definition) is 4. The highest BCUT2D eigenvalue weighted by Crippen LogP contribution is 2.42. The first-order valence-corrected chi connectivity index (χ1v) is 10.4. The SMILES string of the molecule is CC(C)(C)OC(=O)N(CCc1ccccc1)CC[C@@H]1CC/C(=C/O)C(=O)C1(C)C. The number of carbonyl (C=O) groups is 2. The van der Waals surface area contributed by atoms with Gasteiger partial charge in [-0.05, 0) is 57.9 Å². The van der Waals surface area contributed by atoms with Crippen molar-refractivity contribution in [2.45, 2.75) is 65.9 Å². The number of allylic oxidation sites excluding steroid dienone is 1. The number of hydrogen-bond donors (Lipinski definition) is 1. The molecule has 0 spiro atoms. The zero-order chi connectivity index (χ0) is 21.7. The van der Waals surface area contributed by atoms with E-state index in [-0.39, 0.29) is 17.8 Å². The number of Topliss-reactive ketones (excluding diaryl/α,β-unsaturated/α-hetero) is 1. The molecule has 1 aliphatic rings. The molecule has 1 aromatic rings. The van der Waals surface area contributed by atoms with Crippen molar-refractivity contribution in [1.82, 2.24) is 4.90 Å². The molecule has 1 saturated carbocycles. The zero-order valence-corrected chi connectivity index (χ0v) is 18.4. The third kappa shape index (κ3) is 6.34.